The van der Waals surface area contributed by atoms with Gasteiger partial charge in [-0.3, -0.25) is 0 Å². The lowest BCUT2D eigenvalue weighted by atomic mass is 10.3. The Kier molecular flexibility index (Phi) is 6.23. The number of hydrogen-bond acceptors (Lipinski definition) is 4. The van der Waals surface area contributed by atoms with Gasteiger partial charge in [-0.25, -0.2) is 9.98 Å². The molecule has 0 aliphatic heterocycles. The Hall–Kier alpha value is -2.76. The Morgan fingerprint density at radius 1 is 1.26 bits per heavy atom. The number of anilines is 1. The van der Waals surface area contributed by atoms with Crippen molar-refractivity contribution in [2.75, 3.05) is 19.0 Å². The highest BCUT2D eigenvalue weighted by Crippen LogP contribution is 2.17. The van der Waals surface area contributed by atoms with Gasteiger partial charge in [-0.05, 0) is 36.8 Å². The molecule has 0 saturated carbocycles. The van der Waals surface area contributed by atoms with Crippen LogP contribution in [0.15, 0.2) is 47.6 Å². The summed E-state index contributed by atoms with van der Waals surface area (Å²) in [7, 11) is 1.63. The van der Waals surface area contributed by atoms with Crippen molar-refractivity contribution in [3.8, 4) is 11.6 Å². The van der Waals surface area contributed by atoms with Crippen molar-refractivity contribution in [3.63, 3.8) is 0 Å². The molecule has 1 heterocycles. The van der Waals surface area contributed by atoms with Gasteiger partial charge in [0, 0.05) is 17.4 Å². The predicted octanol–water partition coefficient (Wildman–Crippen LogP) is 2.81. The second-order valence-electron chi connectivity index (χ2n) is 4.87. The molecule has 0 spiro atoms. The molecule has 23 heavy (non-hydrogen) atoms. The lowest BCUT2D eigenvalue weighted by molar-refractivity contribution is 0.302. The summed E-state index contributed by atoms with van der Waals surface area (Å²) < 4.78 is 10.7. The van der Waals surface area contributed by atoms with Crippen LogP contribution in [0.4, 0.5) is 5.69 Å². The molecular weight excluding hydrogens is 292 g/mol. The van der Waals surface area contributed by atoms with E-state index < -0.39 is 0 Å². The van der Waals surface area contributed by atoms with E-state index in [1.54, 1.807) is 13.3 Å². The summed E-state index contributed by atoms with van der Waals surface area (Å²) in [5.74, 6) is 1.73. The van der Waals surface area contributed by atoms with Gasteiger partial charge in [-0.2, -0.15) is 0 Å². The van der Waals surface area contributed by atoms with Gasteiger partial charge in [-0.1, -0.05) is 13.0 Å². The van der Waals surface area contributed by atoms with E-state index in [1.165, 1.54) is 0 Å². The van der Waals surface area contributed by atoms with E-state index >= 15 is 0 Å². The van der Waals surface area contributed by atoms with E-state index in [4.69, 9.17) is 15.2 Å². The third-order valence-corrected chi connectivity index (χ3v) is 3.08. The number of nitrogens with zero attached hydrogens (tertiary/aromatic N) is 2. The van der Waals surface area contributed by atoms with E-state index in [0.717, 1.165) is 23.4 Å². The van der Waals surface area contributed by atoms with Crippen LogP contribution in [0.25, 0.3) is 0 Å². The molecule has 1 aromatic carbocycles. The number of ether oxygens (including phenoxy) is 2. The van der Waals surface area contributed by atoms with E-state index in [2.05, 4.69) is 22.2 Å². The number of rotatable bonds is 7. The van der Waals surface area contributed by atoms with Crippen LogP contribution >= 0.6 is 0 Å². The largest absolute Gasteiger partial charge is 0.497 e. The van der Waals surface area contributed by atoms with Crippen LogP contribution in [-0.4, -0.2) is 24.7 Å². The number of nitrogens with one attached hydrogen (secondary N) is 1. The highest BCUT2D eigenvalue weighted by molar-refractivity contribution is 5.92. The minimum Gasteiger partial charge on any atom is -0.497 e. The Labute approximate surface area is 136 Å². The Morgan fingerprint density at radius 2 is 2.04 bits per heavy atom. The second kappa shape index (κ2) is 8.63. The molecule has 6 heteroatoms. The molecule has 0 aliphatic carbocycles. The van der Waals surface area contributed by atoms with Gasteiger partial charge in [-0.15, -0.1) is 0 Å². The molecule has 0 radical (unpaired) electrons. The molecule has 0 atom stereocenters. The molecule has 2 rings (SSSR count). The fourth-order valence-electron chi connectivity index (χ4n) is 1.91. The first-order chi connectivity index (χ1) is 11.2. The molecule has 1 aromatic heterocycles. The van der Waals surface area contributed by atoms with Crippen molar-refractivity contribution in [2.45, 2.75) is 19.9 Å². The minimum atomic E-state index is 0.334. The minimum absolute atomic E-state index is 0.334. The van der Waals surface area contributed by atoms with Gasteiger partial charge in [0.05, 0.1) is 20.3 Å². The van der Waals surface area contributed by atoms with Crippen LogP contribution in [-0.2, 0) is 6.54 Å². The average molecular weight is 314 g/mol. The van der Waals surface area contributed by atoms with Gasteiger partial charge < -0.3 is 20.5 Å². The standard InChI is InChI=1S/C17H22N4O2/c1-3-11-23-16-13(5-4-10-19-16)12-20-17(18)21-14-6-8-15(22-2)9-7-14/h4-10H,3,11-12H2,1-2H3,(H3,18,20,21). The summed E-state index contributed by atoms with van der Waals surface area (Å²) in [5, 5.41) is 3.04. The van der Waals surface area contributed by atoms with Crippen LogP contribution in [0.5, 0.6) is 11.6 Å². The van der Waals surface area contributed by atoms with Crippen LogP contribution in [0.3, 0.4) is 0 Å². The van der Waals surface area contributed by atoms with E-state index in [1.807, 2.05) is 36.4 Å². The zero-order valence-electron chi connectivity index (χ0n) is 13.5. The molecule has 0 fully saturated rings. The number of aliphatic imine (C=N–C) groups is 1. The number of methoxy groups -OCH3 is 1. The number of hydrogen-bond donors (Lipinski definition) is 2. The van der Waals surface area contributed by atoms with Crippen molar-refractivity contribution in [1.29, 1.82) is 0 Å². The predicted molar refractivity (Wildman–Crippen MR) is 92.0 cm³/mol. The highest BCUT2D eigenvalue weighted by atomic mass is 16.5. The maximum absolute atomic E-state index is 5.92. The lowest BCUT2D eigenvalue weighted by Gasteiger charge is -2.09. The molecule has 0 aliphatic rings. The zero-order chi connectivity index (χ0) is 16.5. The van der Waals surface area contributed by atoms with E-state index in [-0.39, 0.29) is 0 Å². The van der Waals surface area contributed by atoms with Crippen molar-refractivity contribution in [2.24, 2.45) is 10.7 Å². The molecule has 6 nitrogen and oxygen atoms in total. The summed E-state index contributed by atoms with van der Waals surface area (Å²) >= 11 is 0. The number of aromatic nitrogens is 1. The van der Waals surface area contributed by atoms with Crippen LogP contribution in [0.1, 0.15) is 18.9 Å². The van der Waals surface area contributed by atoms with Gasteiger partial charge in [0.25, 0.3) is 0 Å². The third-order valence-electron chi connectivity index (χ3n) is 3.08. The third kappa shape index (κ3) is 5.18. The summed E-state index contributed by atoms with van der Waals surface area (Å²) in [6.45, 7) is 3.09. The number of guanidine groups is 1. The van der Waals surface area contributed by atoms with Crippen molar-refractivity contribution >= 4 is 11.6 Å². The smallest absolute Gasteiger partial charge is 0.218 e. The van der Waals surface area contributed by atoms with Crippen LogP contribution < -0.4 is 20.5 Å². The Morgan fingerprint density at radius 3 is 2.74 bits per heavy atom. The summed E-state index contributed by atoms with van der Waals surface area (Å²) in [6.07, 6.45) is 2.64. The maximum Gasteiger partial charge on any atom is 0.218 e. The Balaban J connectivity index is 1.98. The van der Waals surface area contributed by atoms with Crippen molar-refractivity contribution in [3.05, 3.63) is 48.2 Å². The number of benzene rings is 1. The molecule has 3 N–H and O–H groups in total. The molecule has 0 amide bonds. The van der Waals surface area contributed by atoms with Gasteiger partial charge in [0.2, 0.25) is 5.88 Å². The second-order valence-corrected chi connectivity index (χ2v) is 4.87. The first-order valence-electron chi connectivity index (χ1n) is 7.50. The monoisotopic (exact) mass is 314 g/mol. The number of pyridine rings is 1. The summed E-state index contributed by atoms with van der Waals surface area (Å²) in [6, 6.07) is 11.3. The molecular formula is C17H22N4O2. The van der Waals surface area contributed by atoms with Crippen LogP contribution in [0.2, 0.25) is 0 Å². The van der Waals surface area contributed by atoms with Gasteiger partial charge in [0.1, 0.15) is 5.75 Å². The Bertz CT molecular complexity index is 641. The molecule has 0 unspecified atom stereocenters. The quantitative estimate of drug-likeness (QED) is 0.606. The average Bonchev–Trinajstić information content (AvgIpc) is 2.59. The SMILES string of the molecule is CCCOc1ncccc1CN=C(N)Nc1ccc(OC)cc1. The van der Waals surface area contributed by atoms with Gasteiger partial charge in [0.15, 0.2) is 5.96 Å². The van der Waals surface area contributed by atoms with Crippen molar-refractivity contribution < 1.29 is 9.47 Å². The number of nitrogens with two attached hydrogens (primary N) is 1. The van der Waals surface area contributed by atoms with Crippen molar-refractivity contribution in [1.82, 2.24) is 4.98 Å². The molecule has 122 valence electrons. The van der Waals surface area contributed by atoms with Gasteiger partial charge >= 0.3 is 0 Å². The zero-order valence-corrected chi connectivity index (χ0v) is 13.5. The highest BCUT2D eigenvalue weighted by Gasteiger charge is 2.04. The maximum atomic E-state index is 5.92. The van der Waals surface area contributed by atoms with Crippen LogP contribution in [0, 0.1) is 0 Å². The summed E-state index contributed by atoms with van der Waals surface area (Å²) in [5.41, 5.74) is 7.67. The topological polar surface area (TPSA) is 81.8 Å². The first-order valence-corrected chi connectivity index (χ1v) is 7.50. The van der Waals surface area contributed by atoms with E-state index in [9.17, 15) is 0 Å². The fourth-order valence-corrected chi connectivity index (χ4v) is 1.91. The summed E-state index contributed by atoms with van der Waals surface area (Å²) in [4.78, 5) is 8.56. The normalized spacial score (nSPS) is 11.1. The molecule has 0 saturated heterocycles. The van der Waals surface area contributed by atoms with E-state index in [0.29, 0.717) is 25.0 Å². The molecule has 2 aromatic rings. The first kappa shape index (κ1) is 16.6. The molecule has 0 bridgehead atoms. The fraction of sp³-hybridized carbons (Fsp3) is 0.294. The lowest BCUT2D eigenvalue weighted by Crippen LogP contribution is -2.22.